The minimum atomic E-state index is -0.596. The predicted octanol–water partition coefficient (Wildman–Crippen LogP) is 5.50. The first-order chi connectivity index (χ1) is 15.0. The molecule has 3 aromatic rings. The Balaban J connectivity index is 1.60. The van der Waals surface area contributed by atoms with Gasteiger partial charge in [-0.05, 0) is 30.3 Å². The first-order valence-corrected chi connectivity index (χ1v) is 10.1. The molecule has 0 saturated carbocycles. The maximum absolute atomic E-state index is 11.3. The molecule has 0 fully saturated rings. The second kappa shape index (κ2) is 7.59. The van der Waals surface area contributed by atoms with Crippen molar-refractivity contribution >= 4 is 23.0 Å². The van der Waals surface area contributed by atoms with Crippen LogP contribution < -0.4 is 9.47 Å². The van der Waals surface area contributed by atoms with E-state index in [9.17, 15) is 10.1 Å². The predicted molar refractivity (Wildman–Crippen MR) is 117 cm³/mol. The van der Waals surface area contributed by atoms with Crippen LogP contribution in [0.2, 0.25) is 5.02 Å². The van der Waals surface area contributed by atoms with Gasteiger partial charge in [0.1, 0.15) is 11.5 Å². The Morgan fingerprint density at radius 1 is 1.16 bits per heavy atom. The van der Waals surface area contributed by atoms with Gasteiger partial charge in [0.25, 0.3) is 5.69 Å². The van der Waals surface area contributed by atoms with Gasteiger partial charge in [0.05, 0.1) is 23.8 Å². The molecule has 156 valence electrons. The summed E-state index contributed by atoms with van der Waals surface area (Å²) in [6.07, 6.45) is 0.0524. The lowest BCUT2D eigenvalue weighted by atomic mass is 9.96. The van der Waals surface area contributed by atoms with Gasteiger partial charge in [-0.1, -0.05) is 35.9 Å². The molecule has 0 N–H and O–H groups in total. The van der Waals surface area contributed by atoms with E-state index < -0.39 is 11.2 Å². The Kier molecular flexibility index (Phi) is 4.75. The fraction of sp³-hybridized carbons (Fsp3) is 0.174. The zero-order valence-electron chi connectivity index (χ0n) is 16.6. The molecule has 0 saturated heterocycles. The molecular formula is C23H18ClN3O4. The van der Waals surface area contributed by atoms with E-state index in [-0.39, 0.29) is 11.7 Å². The molecule has 0 unspecified atom stereocenters. The summed E-state index contributed by atoms with van der Waals surface area (Å²) in [5, 5.41) is 18.7. The van der Waals surface area contributed by atoms with Crippen LogP contribution in [0.1, 0.15) is 35.4 Å². The summed E-state index contributed by atoms with van der Waals surface area (Å²) in [6, 6.07) is 19.6. The molecule has 2 atom stereocenters. The summed E-state index contributed by atoms with van der Waals surface area (Å²) in [7, 11) is 1.63. The SMILES string of the molecule is COc1cccc(C2=NN3[C@H](C2)c2cc(Cl)ccc2O[C@@H]3c2cccc([N+](=O)[O-])c2)c1. The molecule has 8 heteroatoms. The van der Waals surface area contributed by atoms with E-state index in [4.69, 9.17) is 26.2 Å². The summed E-state index contributed by atoms with van der Waals surface area (Å²) in [5.41, 5.74) is 3.45. The maximum Gasteiger partial charge on any atom is 0.269 e. The standard InChI is InChI=1S/C23H18ClN3O4/c1-30-18-7-3-4-14(11-18)20-13-21-19-12-16(24)8-9-22(19)31-23(26(21)25-20)15-5-2-6-17(10-15)27(28)29/h2-12,21,23H,13H2,1H3/t21-,23-/m1/s1. The minimum Gasteiger partial charge on any atom is -0.497 e. The van der Waals surface area contributed by atoms with Crippen molar-refractivity contribution in [2.75, 3.05) is 7.11 Å². The zero-order valence-corrected chi connectivity index (χ0v) is 17.3. The van der Waals surface area contributed by atoms with Gasteiger partial charge in [-0.15, -0.1) is 0 Å². The van der Waals surface area contributed by atoms with Crippen LogP contribution in [-0.2, 0) is 0 Å². The Hall–Kier alpha value is -3.58. The molecule has 2 aliphatic heterocycles. The second-order valence-corrected chi connectivity index (χ2v) is 7.82. The van der Waals surface area contributed by atoms with Crippen molar-refractivity contribution in [3.8, 4) is 11.5 Å². The number of hydrazone groups is 1. The zero-order chi connectivity index (χ0) is 21.5. The number of ether oxygens (including phenoxy) is 2. The number of non-ortho nitro benzene ring substituents is 1. The number of nitro benzene ring substituents is 1. The van der Waals surface area contributed by atoms with Gasteiger partial charge in [-0.2, -0.15) is 5.10 Å². The molecule has 7 nitrogen and oxygen atoms in total. The first kappa shape index (κ1) is 19.4. The van der Waals surface area contributed by atoms with E-state index in [2.05, 4.69) is 0 Å². The Labute approximate surface area is 183 Å². The number of benzene rings is 3. The van der Waals surface area contributed by atoms with Gasteiger partial charge in [0, 0.05) is 40.3 Å². The fourth-order valence-electron chi connectivity index (χ4n) is 4.05. The van der Waals surface area contributed by atoms with Crippen LogP contribution in [-0.4, -0.2) is 22.8 Å². The summed E-state index contributed by atoms with van der Waals surface area (Å²) in [6.45, 7) is 0. The summed E-state index contributed by atoms with van der Waals surface area (Å²) in [5.74, 6) is 1.45. The van der Waals surface area contributed by atoms with Gasteiger partial charge in [0.2, 0.25) is 6.23 Å². The van der Waals surface area contributed by atoms with E-state index in [1.807, 2.05) is 47.5 Å². The van der Waals surface area contributed by atoms with E-state index in [1.165, 1.54) is 12.1 Å². The van der Waals surface area contributed by atoms with Crippen LogP contribution in [0.5, 0.6) is 11.5 Å². The van der Waals surface area contributed by atoms with Gasteiger partial charge < -0.3 is 9.47 Å². The van der Waals surface area contributed by atoms with Crippen LogP contribution in [0.25, 0.3) is 0 Å². The summed E-state index contributed by atoms with van der Waals surface area (Å²) < 4.78 is 11.6. The lowest BCUT2D eigenvalue weighted by molar-refractivity contribution is -0.385. The van der Waals surface area contributed by atoms with Crippen molar-refractivity contribution in [2.45, 2.75) is 18.7 Å². The molecule has 31 heavy (non-hydrogen) atoms. The highest BCUT2D eigenvalue weighted by Gasteiger charge is 2.41. The van der Waals surface area contributed by atoms with Crippen LogP contribution in [0, 0.1) is 10.1 Å². The molecule has 5 rings (SSSR count). The average molecular weight is 436 g/mol. The smallest absolute Gasteiger partial charge is 0.269 e. The van der Waals surface area contributed by atoms with Crippen LogP contribution >= 0.6 is 11.6 Å². The van der Waals surface area contributed by atoms with Crippen molar-refractivity contribution in [3.05, 3.63) is 98.6 Å². The molecule has 0 spiro atoms. The third-order valence-corrected chi connectivity index (χ3v) is 5.76. The highest BCUT2D eigenvalue weighted by Crippen LogP contribution is 2.48. The molecule has 0 aliphatic carbocycles. The molecule has 0 bridgehead atoms. The van der Waals surface area contributed by atoms with Gasteiger partial charge >= 0.3 is 0 Å². The third kappa shape index (κ3) is 3.47. The maximum atomic E-state index is 11.3. The molecular weight excluding hydrogens is 418 g/mol. The Morgan fingerprint density at radius 3 is 2.81 bits per heavy atom. The molecule has 2 aliphatic rings. The lowest BCUT2D eigenvalue weighted by Gasteiger charge is -2.38. The largest absolute Gasteiger partial charge is 0.497 e. The van der Waals surface area contributed by atoms with Crippen LogP contribution in [0.4, 0.5) is 5.69 Å². The van der Waals surface area contributed by atoms with E-state index in [0.29, 0.717) is 22.8 Å². The molecule has 0 amide bonds. The van der Waals surface area contributed by atoms with Crippen molar-refractivity contribution < 1.29 is 14.4 Å². The molecule has 3 aromatic carbocycles. The van der Waals surface area contributed by atoms with Crippen molar-refractivity contribution in [3.63, 3.8) is 0 Å². The quantitative estimate of drug-likeness (QED) is 0.399. The van der Waals surface area contributed by atoms with E-state index in [0.717, 1.165) is 22.6 Å². The van der Waals surface area contributed by atoms with Crippen LogP contribution in [0.3, 0.4) is 0 Å². The summed E-state index contributed by atoms with van der Waals surface area (Å²) >= 11 is 6.27. The molecule has 0 aromatic heterocycles. The second-order valence-electron chi connectivity index (χ2n) is 7.38. The highest BCUT2D eigenvalue weighted by molar-refractivity contribution is 6.30. The van der Waals surface area contributed by atoms with Crippen LogP contribution in [0.15, 0.2) is 71.8 Å². The van der Waals surface area contributed by atoms with Crippen molar-refractivity contribution in [1.82, 2.24) is 5.01 Å². The number of nitrogens with zero attached hydrogens (tertiary/aromatic N) is 3. The number of hydrogen-bond donors (Lipinski definition) is 0. The number of hydrogen-bond acceptors (Lipinski definition) is 6. The lowest BCUT2D eigenvalue weighted by Crippen LogP contribution is -2.33. The van der Waals surface area contributed by atoms with E-state index >= 15 is 0 Å². The van der Waals surface area contributed by atoms with Crippen molar-refractivity contribution in [2.24, 2.45) is 5.10 Å². The topological polar surface area (TPSA) is 77.2 Å². The van der Waals surface area contributed by atoms with Crippen molar-refractivity contribution in [1.29, 1.82) is 0 Å². The Morgan fingerprint density at radius 2 is 2.00 bits per heavy atom. The number of fused-ring (bicyclic) bond motifs is 3. The van der Waals surface area contributed by atoms with Gasteiger partial charge in [-0.3, -0.25) is 10.1 Å². The first-order valence-electron chi connectivity index (χ1n) is 9.74. The fourth-order valence-corrected chi connectivity index (χ4v) is 4.23. The number of nitro groups is 1. The van der Waals surface area contributed by atoms with Gasteiger partial charge in [0.15, 0.2) is 0 Å². The number of halogens is 1. The minimum absolute atomic E-state index is 0.00995. The van der Waals surface area contributed by atoms with E-state index in [1.54, 1.807) is 19.2 Å². The highest BCUT2D eigenvalue weighted by atomic mass is 35.5. The monoisotopic (exact) mass is 435 g/mol. The van der Waals surface area contributed by atoms with Gasteiger partial charge in [-0.25, -0.2) is 5.01 Å². The number of rotatable bonds is 4. The molecule has 0 radical (unpaired) electrons. The summed E-state index contributed by atoms with van der Waals surface area (Å²) in [4.78, 5) is 10.9. The third-order valence-electron chi connectivity index (χ3n) is 5.52. The molecule has 2 heterocycles. The Bertz CT molecular complexity index is 1210. The average Bonchev–Trinajstić information content (AvgIpc) is 3.24. The number of methoxy groups -OCH3 is 1. The normalized spacial score (nSPS) is 19.2.